The van der Waals surface area contributed by atoms with Gasteiger partial charge in [0.1, 0.15) is 5.78 Å². The third-order valence-electron chi connectivity index (χ3n) is 5.61. The first-order chi connectivity index (χ1) is 23.0. The first kappa shape index (κ1) is 38.6. The molecule has 5 rings (SSSR count). The number of carbonyl (C=O) groups is 5. The van der Waals surface area contributed by atoms with E-state index in [0.29, 0.717) is 22.3 Å². The number of rotatable bonds is 6. The van der Waals surface area contributed by atoms with Gasteiger partial charge in [0.05, 0.1) is 0 Å². The molecule has 0 fully saturated rings. The van der Waals surface area contributed by atoms with Crippen LogP contribution in [-0.4, -0.2) is 28.1 Å². The highest BCUT2D eigenvalue weighted by molar-refractivity contribution is 6.68. The normalized spacial score (nSPS) is 9.44. The molecule has 0 saturated heterocycles. The van der Waals surface area contributed by atoms with Gasteiger partial charge in [0.15, 0.2) is 0 Å². The molecule has 0 aliphatic carbocycles. The molecule has 248 valence electrons. The largest absolute Gasteiger partial charge is 0.399 e. The number of nitrogen functional groups attached to an aromatic ring is 1. The maximum atomic E-state index is 12.2. The summed E-state index contributed by atoms with van der Waals surface area (Å²) in [6.45, 7) is 1.31. The molecule has 0 aliphatic heterocycles. The molecule has 0 unspecified atom stereocenters. The lowest BCUT2D eigenvalue weighted by atomic mass is 10.1. The van der Waals surface area contributed by atoms with Crippen LogP contribution in [0.25, 0.3) is 0 Å². The summed E-state index contributed by atoms with van der Waals surface area (Å²) in [5.74, 6) is -0.502. The quantitative estimate of drug-likeness (QED) is 0.120. The van der Waals surface area contributed by atoms with Gasteiger partial charge in [-0.3, -0.25) is 19.2 Å². The molecular weight excluding hydrogens is 649 g/mol. The van der Waals surface area contributed by atoms with Crippen molar-refractivity contribution in [2.75, 3.05) is 16.4 Å². The Kier molecular flexibility index (Phi) is 17.7. The van der Waals surface area contributed by atoms with Gasteiger partial charge in [0, 0.05) is 40.7 Å². The highest BCUT2D eigenvalue weighted by atomic mass is 35.5. The number of nitrogens with one attached hydrogen (secondary N) is 2. The van der Waals surface area contributed by atoms with Gasteiger partial charge in [-0.25, -0.2) is 0 Å². The van der Waals surface area contributed by atoms with E-state index in [2.05, 4.69) is 10.6 Å². The summed E-state index contributed by atoms with van der Waals surface area (Å²) in [4.78, 5) is 55.1. The van der Waals surface area contributed by atoms with Gasteiger partial charge in [-0.2, -0.15) is 0 Å². The Balaban J connectivity index is 0.000000397. The number of nitrogens with two attached hydrogens (primary N) is 1. The Labute approximate surface area is 292 Å². The molecule has 0 saturated carbocycles. The molecule has 5 aromatic rings. The number of anilines is 3. The van der Waals surface area contributed by atoms with Crippen molar-refractivity contribution in [1.82, 2.24) is 0 Å². The molecule has 0 bridgehead atoms. The molecule has 0 atom stereocenters. The number of benzene rings is 5. The Morgan fingerprint density at radius 1 is 0.521 bits per heavy atom. The molecule has 8 nitrogen and oxygen atoms in total. The minimum absolute atomic E-state index is 0. The minimum Gasteiger partial charge on any atom is -0.399 e. The maximum Gasteiger partial charge on any atom is 0.255 e. The lowest BCUT2D eigenvalue weighted by Gasteiger charge is -2.07. The number of hydrogen-bond acceptors (Lipinski definition) is 6. The number of carbonyl (C=O) groups excluding carboxylic acids is 5. The van der Waals surface area contributed by atoms with Gasteiger partial charge in [0.2, 0.25) is 0 Å². The summed E-state index contributed by atoms with van der Waals surface area (Å²) < 4.78 is 6.31. The summed E-state index contributed by atoms with van der Waals surface area (Å²) in [6, 6.07) is 40.3. The van der Waals surface area contributed by atoms with Crippen LogP contribution >= 0.6 is 23.2 Å². The van der Waals surface area contributed by atoms with Crippen molar-refractivity contribution in [1.29, 1.82) is 0 Å². The summed E-state index contributed by atoms with van der Waals surface area (Å²) in [6.07, 6.45) is 0. The Bertz CT molecular complexity index is 1650. The molecule has 0 aliphatic rings. The Morgan fingerprint density at radius 3 is 1.02 bits per heavy atom. The van der Waals surface area contributed by atoms with Gasteiger partial charge in [-0.15, -0.1) is 0 Å². The average Bonchev–Trinajstić information content (AvgIpc) is 3.10. The van der Waals surface area contributed by atoms with E-state index in [9.17, 15) is 24.0 Å². The van der Waals surface area contributed by atoms with E-state index in [-0.39, 0.29) is 31.9 Å². The topological polar surface area (TPSA) is 135 Å². The fourth-order valence-corrected chi connectivity index (χ4v) is 3.66. The first-order valence-electron chi connectivity index (χ1n) is 14.6. The zero-order chi connectivity index (χ0) is 35.3. The number of ketones is 1. The Morgan fingerprint density at radius 2 is 0.792 bits per heavy atom. The van der Waals surface area contributed by atoms with Crippen LogP contribution < -0.4 is 16.4 Å². The summed E-state index contributed by atoms with van der Waals surface area (Å²) in [5, 5.41) is 4.51. The second kappa shape index (κ2) is 22.0. The first-order valence-corrected chi connectivity index (χ1v) is 14.7. The van der Waals surface area contributed by atoms with Crippen molar-refractivity contribution in [3.05, 3.63) is 162 Å². The highest BCUT2D eigenvalue weighted by Gasteiger charge is 2.09. The van der Waals surface area contributed by atoms with Crippen LogP contribution in [0, 0.1) is 0 Å². The molecule has 2 amide bonds. The lowest BCUT2D eigenvalue weighted by molar-refractivity contribution is -0.115. The van der Waals surface area contributed by atoms with Gasteiger partial charge < -0.3 is 21.2 Å². The van der Waals surface area contributed by atoms with E-state index >= 15 is 0 Å². The van der Waals surface area contributed by atoms with Gasteiger partial charge in [0.25, 0.3) is 22.3 Å². The van der Waals surface area contributed by atoms with E-state index in [1.807, 2.05) is 91.0 Å². The summed E-state index contributed by atoms with van der Waals surface area (Å²) in [7, 11) is 0. The fourth-order valence-electron chi connectivity index (χ4n) is 3.41. The minimum atomic E-state index is -0.552. The van der Waals surface area contributed by atoms with Crippen molar-refractivity contribution >= 4 is 68.3 Å². The van der Waals surface area contributed by atoms with Crippen molar-refractivity contribution in [2.24, 2.45) is 0 Å². The number of hydrogen-bond donors (Lipinski definition) is 3. The number of Topliss-reactive ketones (excluding diaryl/α,β-unsaturated/α-hetero) is 1. The van der Waals surface area contributed by atoms with Crippen LogP contribution in [0.4, 0.5) is 17.1 Å². The van der Waals surface area contributed by atoms with Gasteiger partial charge >= 0.3 is 0 Å². The SMILES string of the molecule is C.Nc1ccccc1.O=C(Cl)c1ccc(C(=O)Cl)cc1.O=C(Nc1ccccc1)c1ccc(C(=O)Nc2ccccc2)cc1.[2H]CC(C)=O. The molecule has 5 aromatic carbocycles. The fraction of sp³-hybridized carbons (Fsp3) is 0.0789. The number of amides is 2. The van der Waals surface area contributed by atoms with Crippen LogP contribution in [0.2, 0.25) is 0 Å². The third kappa shape index (κ3) is 16.1. The molecule has 0 radical (unpaired) electrons. The van der Waals surface area contributed by atoms with Crippen LogP contribution in [0.15, 0.2) is 140 Å². The van der Waals surface area contributed by atoms with Crippen LogP contribution in [0.1, 0.15) is 64.1 Å². The van der Waals surface area contributed by atoms with Gasteiger partial charge in [-0.05, 0) is 122 Å². The number of halogens is 2. The van der Waals surface area contributed by atoms with Crippen LogP contribution in [0.3, 0.4) is 0 Å². The van der Waals surface area contributed by atoms with Crippen LogP contribution in [-0.2, 0) is 4.79 Å². The second-order valence-electron chi connectivity index (χ2n) is 9.46. The highest BCUT2D eigenvalue weighted by Crippen LogP contribution is 2.13. The standard InChI is InChI=1S/C20H16N2O2.C8H4Cl2O2.C6H7N.C3H6O.CH4/c23-19(21-17-7-3-1-4-8-17)15-11-13-16(14-12-15)20(24)22-18-9-5-2-6-10-18;9-7(11)5-1-2-6(4-3-5)8(10)12;7-6-4-2-1-3-5-6;1-3(2)4;/h1-14H,(H,21,23)(H,22,24);1-4H;1-5H,7H2;1-2H3;1H4/i;;;1D;. The second-order valence-corrected chi connectivity index (χ2v) is 10.1. The molecular formula is C38H37Cl2N3O5. The van der Waals surface area contributed by atoms with Crippen molar-refractivity contribution < 1.29 is 25.3 Å². The zero-order valence-corrected chi connectivity index (χ0v) is 26.9. The van der Waals surface area contributed by atoms with E-state index in [1.165, 1.54) is 31.2 Å². The van der Waals surface area contributed by atoms with Crippen molar-refractivity contribution in [3.63, 3.8) is 0 Å². The summed E-state index contributed by atoms with van der Waals surface area (Å²) in [5.41, 5.74) is 9.32. The molecule has 0 aromatic heterocycles. The molecule has 48 heavy (non-hydrogen) atoms. The van der Waals surface area contributed by atoms with E-state index in [0.717, 1.165) is 17.1 Å². The number of para-hydroxylation sites is 3. The molecule has 0 spiro atoms. The molecule has 0 heterocycles. The van der Waals surface area contributed by atoms with E-state index in [4.69, 9.17) is 30.3 Å². The van der Waals surface area contributed by atoms with E-state index < -0.39 is 10.5 Å². The lowest BCUT2D eigenvalue weighted by Crippen LogP contribution is -2.14. The van der Waals surface area contributed by atoms with Crippen molar-refractivity contribution in [3.8, 4) is 0 Å². The predicted molar refractivity (Wildman–Crippen MR) is 196 cm³/mol. The predicted octanol–water partition coefficient (Wildman–Crippen LogP) is 9.14. The average molecular weight is 688 g/mol. The van der Waals surface area contributed by atoms with Crippen molar-refractivity contribution in [2.45, 2.75) is 21.3 Å². The monoisotopic (exact) mass is 686 g/mol. The molecule has 4 N–H and O–H groups in total. The third-order valence-corrected chi connectivity index (χ3v) is 6.05. The summed E-state index contributed by atoms with van der Waals surface area (Å²) >= 11 is 10.4. The Hall–Kier alpha value is -5.57. The zero-order valence-electron chi connectivity index (χ0n) is 26.4. The van der Waals surface area contributed by atoms with Gasteiger partial charge in [-0.1, -0.05) is 62.0 Å². The molecule has 10 heteroatoms. The van der Waals surface area contributed by atoms with E-state index in [1.54, 1.807) is 24.3 Å². The van der Waals surface area contributed by atoms with Crippen LogP contribution in [0.5, 0.6) is 0 Å². The maximum absolute atomic E-state index is 12.2. The smallest absolute Gasteiger partial charge is 0.255 e.